The summed E-state index contributed by atoms with van der Waals surface area (Å²) in [5.74, 6) is 0. The smallest absolute Gasteiger partial charge is 0.149 e. The van der Waals surface area contributed by atoms with Crippen molar-refractivity contribution in [3.8, 4) is 0 Å². The van der Waals surface area contributed by atoms with Crippen LogP contribution in [0, 0.1) is 5.41 Å². The highest BCUT2D eigenvalue weighted by Crippen LogP contribution is 2.21. The lowest BCUT2D eigenvalue weighted by Gasteiger charge is -2.25. The minimum absolute atomic E-state index is 0.142. The Hall–Kier alpha value is -1.15. The fourth-order valence-corrected chi connectivity index (χ4v) is 1.25. The quantitative estimate of drug-likeness (QED) is 0.708. The molecule has 1 aromatic carbocycles. The summed E-state index contributed by atoms with van der Waals surface area (Å²) >= 11 is 0. The van der Waals surface area contributed by atoms with Crippen molar-refractivity contribution in [3.05, 3.63) is 35.9 Å². The molecule has 0 fully saturated rings. The molecule has 0 aliphatic heterocycles. The van der Waals surface area contributed by atoms with Crippen LogP contribution in [0.5, 0.6) is 0 Å². The largest absolute Gasteiger partial charge is 0.366 e. The maximum atomic E-state index is 10.8. The molecule has 0 aliphatic carbocycles. The van der Waals surface area contributed by atoms with E-state index in [1.54, 1.807) is 0 Å². The van der Waals surface area contributed by atoms with Crippen molar-refractivity contribution in [3.63, 3.8) is 0 Å². The topological polar surface area (TPSA) is 26.3 Å². The summed E-state index contributed by atoms with van der Waals surface area (Å²) in [5.41, 5.74) is 0.949. The highest BCUT2D eigenvalue weighted by atomic mass is 16.5. The first-order valence-electron chi connectivity index (χ1n) is 5.15. The highest BCUT2D eigenvalue weighted by molar-refractivity contribution is 5.57. The van der Waals surface area contributed by atoms with Crippen LogP contribution in [0.25, 0.3) is 0 Å². The van der Waals surface area contributed by atoms with Gasteiger partial charge in [0.25, 0.3) is 0 Å². The second-order valence-electron chi connectivity index (χ2n) is 4.72. The van der Waals surface area contributed by atoms with Gasteiger partial charge in [0.2, 0.25) is 0 Å². The molecule has 15 heavy (non-hydrogen) atoms. The van der Waals surface area contributed by atoms with Gasteiger partial charge in [-0.1, -0.05) is 51.1 Å². The Morgan fingerprint density at radius 3 is 2.33 bits per heavy atom. The molecule has 0 unspecified atom stereocenters. The van der Waals surface area contributed by atoms with E-state index in [4.69, 9.17) is 4.74 Å². The SMILES string of the molecule is CC(C)(C)[C@@H](C=O)OCc1ccccc1. The molecule has 2 heteroatoms. The van der Waals surface area contributed by atoms with Gasteiger partial charge in [-0.15, -0.1) is 0 Å². The first-order chi connectivity index (χ1) is 7.04. The lowest BCUT2D eigenvalue weighted by molar-refractivity contribution is -0.126. The van der Waals surface area contributed by atoms with E-state index in [1.165, 1.54) is 0 Å². The lowest BCUT2D eigenvalue weighted by Crippen LogP contribution is -2.30. The van der Waals surface area contributed by atoms with Crippen LogP contribution in [0.3, 0.4) is 0 Å². The van der Waals surface area contributed by atoms with Gasteiger partial charge in [-0.3, -0.25) is 0 Å². The van der Waals surface area contributed by atoms with E-state index in [0.717, 1.165) is 11.8 Å². The zero-order valence-corrected chi connectivity index (χ0v) is 9.57. The number of benzene rings is 1. The van der Waals surface area contributed by atoms with Gasteiger partial charge in [0, 0.05) is 0 Å². The van der Waals surface area contributed by atoms with E-state index in [-0.39, 0.29) is 11.5 Å². The predicted molar refractivity (Wildman–Crippen MR) is 60.5 cm³/mol. The molecule has 0 spiro atoms. The third kappa shape index (κ3) is 3.84. The van der Waals surface area contributed by atoms with Crippen LogP contribution in [0.4, 0.5) is 0 Å². The molecule has 0 bridgehead atoms. The minimum atomic E-state index is -0.349. The van der Waals surface area contributed by atoms with Crippen molar-refractivity contribution in [1.29, 1.82) is 0 Å². The Labute approximate surface area is 91.3 Å². The molecule has 1 rings (SSSR count). The Balaban J connectivity index is 2.52. The van der Waals surface area contributed by atoms with Crippen LogP contribution in [0.1, 0.15) is 26.3 Å². The number of hydrogen-bond acceptors (Lipinski definition) is 2. The lowest BCUT2D eigenvalue weighted by atomic mass is 9.90. The molecule has 82 valence electrons. The second kappa shape index (κ2) is 5.08. The molecule has 0 N–H and O–H groups in total. The summed E-state index contributed by atoms with van der Waals surface area (Å²) < 4.78 is 5.57. The number of ether oxygens (including phenoxy) is 1. The third-order valence-electron chi connectivity index (χ3n) is 2.25. The average molecular weight is 206 g/mol. The normalized spacial score (nSPS) is 13.5. The monoisotopic (exact) mass is 206 g/mol. The van der Waals surface area contributed by atoms with Crippen molar-refractivity contribution >= 4 is 6.29 Å². The summed E-state index contributed by atoms with van der Waals surface area (Å²) in [6.07, 6.45) is 0.529. The number of aldehydes is 1. The first-order valence-corrected chi connectivity index (χ1v) is 5.15. The van der Waals surface area contributed by atoms with Crippen LogP contribution in [-0.2, 0) is 16.1 Å². The fourth-order valence-electron chi connectivity index (χ4n) is 1.25. The van der Waals surface area contributed by atoms with Crippen molar-refractivity contribution in [1.82, 2.24) is 0 Å². The summed E-state index contributed by atoms with van der Waals surface area (Å²) in [5, 5.41) is 0. The summed E-state index contributed by atoms with van der Waals surface area (Å²) in [4.78, 5) is 10.8. The van der Waals surface area contributed by atoms with Gasteiger partial charge in [-0.05, 0) is 11.0 Å². The molecule has 0 saturated heterocycles. The van der Waals surface area contributed by atoms with E-state index < -0.39 is 0 Å². The maximum absolute atomic E-state index is 10.8. The van der Waals surface area contributed by atoms with Gasteiger partial charge in [0.1, 0.15) is 12.4 Å². The maximum Gasteiger partial charge on any atom is 0.149 e. The number of carbonyl (C=O) groups is 1. The molecule has 1 atom stereocenters. The standard InChI is InChI=1S/C13H18O2/c1-13(2,3)12(9-14)15-10-11-7-5-4-6-8-11/h4-9,12H,10H2,1-3H3/t12-/m1/s1. The van der Waals surface area contributed by atoms with Gasteiger partial charge < -0.3 is 9.53 Å². The van der Waals surface area contributed by atoms with E-state index in [2.05, 4.69) is 0 Å². The van der Waals surface area contributed by atoms with Gasteiger partial charge in [0.15, 0.2) is 0 Å². The van der Waals surface area contributed by atoms with Crippen LogP contribution in [-0.4, -0.2) is 12.4 Å². The molecular formula is C13H18O2. The highest BCUT2D eigenvalue weighted by Gasteiger charge is 2.24. The Morgan fingerprint density at radius 2 is 1.87 bits per heavy atom. The molecule has 2 nitrogen and oxygen atoms in total. The van der Waals surface area contributed by atoms with Crippen LogP contribution < -0.4 is 0 Å². The van der Waals surface area contributed by atoms with E-state index >= 15 is 0 Å². The average Bonchev–Trinajstić information content (AvgIpc) is 2.18. The van der Waals surface area contributed by atoms with Crippen LogP contribution in [0.15, 0.2) is 30.3 Å². The van der Waals surface area contributed by atoms with E-state index in [0.29, 0.717) is 6.61 Å². The summed E-state index contributed by atoms with van der Waals surface area (Å²) in [6, 6.07) is 9.87. The Kier molecular flexibility index (Phi) is 4.04. The molecular weight excluding hydrogens is 188 g/mol. The fraction of sp³-hybridized carbons (Fsp3) is 0.462. The molecule has 1 aromatic rings. The number of rotatable bonds is 4. The van der Waals surface area contributed by atoms with Gasteiger partial charge in [0.05, 0.1) is 6.61 Å². The van der Waals surface area contributed by atoms with E-state index in [1.807, 2.05) is 51.1 Å². The molecule has 0 aromatic heterocycles. The molecule has 0 saturated carbocycles. The van der Waals surface area contributed by atoms with Crippen LogP contribution >= 0.6 is 0 Å². The predicted octanol–water partition coefficient (Wildman–Crippen LogP) is 2.82. The van der Waals surface area contributed by atoms with Crippen molar-refractivity contribution in [2.24, 2.45) is 5.41 Å². The first kappa shape index (κ1) is 11.9. The Bertz CT molecular complexity index is 298. The third-order valence-corrected chi connectivity index (χ3v) is 2.25. The van der Waals surface area contributed by atoms with Gasteiger partial charge in [-0.2, -0.15) is 0 Å². The van der Waals surface area contributed by atoms with Crippen molar-refractivity contribution in [2.45, 2.75) is 33.5 Å². The zero-order valence-electron chi connectivity index (χ0n) is 9.57. The summed E-state index contributed by atoms with van der Waals surface area (Å²) in [7, 11) is 0. The number of carbonyl (C=O) groups excluding carboxylic acids is 1. The van der Waals surface area contributed by atoms with Crippen LogP contribution in [0.2, 0.25) is 0 Å². The molecule has 0 aliphatic rings. The Morgan fingerprint density at radius 1 is 1.27 bits per heavy atom. The second-order valence-corrected chi connectivity index (χ2v) is 4.72. The van der Waals surface area contributed by atoms with E-state index in [9.17, 15) is 4.79 Å². The van der Waals surface area contributed by atoms with Crippen molar-refractivity contribution in [2.75, 3.05) is 0 Å². The molecule has 0 radical (unpaired) electrons. The van der Waals surface area contributed by atoms with Gasteiger partial charge >= 0.3 is 0 Å². The molecule has 0 amide bonds. The van der Waals surface area contributed by atoms with Gasteiger partial charge in [-0.25, -0.2) is 0 Å². The summed E-state index contributed by atoms with van der Waals surface area (Å²) in [6.45, 7) is 6.48. The minimum Gasteiger partial charge on any atom is -0.366 e. The van der Waals surface area contributed by atoms with Crippen molar-refractivity contribution < 1.29 is 9.53 Å². The molecule has 0 heterocycles. The number of hydrogen-bond donors (Lipinski definition) is 0. The zero-order chi connectivity index (χ0) is 11.3.